The minimum absolute atomic E-state index is 0.0307. The Morgan fingerprint density at radius 2 is 1.82 bits per heavy atom. The Morgan fingerprint density at radius 3 is 2.41 bits per heavy atom. The van der Waals surface area contributed by atoms with E-state index in [1.165, 1.54) is 12.1 Å². The van der Waals surface area contributed by atoms with Gasteiger partial charge in [-0.3, -0.25) is 4.79 Å². The molecule has 2 aliphatic rings. The molecule has 2 fully saturated rings. The van der Waals surface area contributed by atoms with Gasteiger partial charge in [-0.15, -0.1) is 0 Å². The van der Waals surface area contributed by atoms with Crippen LogP contribution in [0.4, 0.5) is 18.9 Å². The van der Waals surface area contributed by atoms with E-state index >= 15 is 0 Å². The number of nitriles is 1. The molecule has 0 spiro atoms. The van der Waals surface area contributed by atoms with Gasteiger partial charge < -0.3 is 4.90 Å². The zero-order valence-corrected chi connectivity index (χ0v) is 25.8. The second-order valence-electron chi connectivity index (χ2n) is 12.2. The van der Waals surface area contributed by atoms with E-state index in [2.05, 4.69) is 11.1 Å². The summed E-state index contributed by atoms with van der Waals surface area (Å²) >= 11 is 0. The topological polar surface area (TPSA) is 109 Å². The first-order chi connectivity index (χ1) is 20.8. The minimum Gasteiger partial charge on any atom is -0.369 e. The van der Waals surface area contributed by atoms with Crippen LogP contribution in [0.15, 0.2) is 42.6 Å². The van der Waals surface area contributed by atoms with Gasteiger partial charge in [0, 0.05) is 55.4 Å². The number of rotatable bonds is 8. The molecule has 0 unspecified atom stereocenters. The van der Waals surface area contributed by atoms with Gasteiger partial charge in [-0.1, -0.05) is 26.0 Å². The van der Waals surface area contributed by atoms with Crippen molar-refractivity contribution in [3.8, 4) is 23.0 Å². The number of carbonyl (C=O) groups is 1. The third kappa shape index (κ3) is 6.67. The number of benzene rings is 1. The highest BCUT2D eigenvalue weighted by Crippen LogP contribution is 2.48. The first-order valence-corrected chi connectivity index (χ1v) is 16.7. The summed E-state index contributed by atoms with van der Waals surface area (Å²) in [6.07, 6.45) is -0.0258. The summed E-state index contributed by atoms with van der Waals surface area (Å²) < 4.78 is 68.7. The highest BCUT2D eigenvalue weighted by Gasteiger charge is 2.47. The number of nitrogens with zero attached hydrogens (tertiary/aromatic N) is 5. The van der Waals surface area contributed by atoms with E-state index in [0.29, 0.717) is 35.9 Å². The number of sulfone groups is 1. The standard InChI is InChI=1S/C32H36F3N5O3S/c1-20(2)23(18-36)16-28(41)27-17-32(34,35)11-10-26(27)31-30(21(3)40(38-31)29-9-6-24(33)19-37-29)22-4-7-25(8-5-22)39-12-14-44(42,43)15-13-39/h4-9,19-20,23,26-27H,10-17H2,1-3H3/t23-,26-,27-/m1/s1. The molecule has 5 rings (SSSR count). The largest absolute Gasteiger partial charge is 0.369 e. The van der Waals surface area contributed by atoms with Gasteiger partial charge >= 0.3 is 0 Å². The van der Waals surface area contributed by atoms with Crippen LogP contribution in [0.1, 0.15) is 56.8 Å². The second kappa shape index (κ2) is 12.3. The molecule has 44 heavy (non-hydrogen) atoms. The van der Waals surface area contributed by atoms with Crippen molar-refractivity contribution in [2.75, 3.05) is 29.5 Å². The highest BCUT2D eigenvalue weighted by molar-refractivity contribution is 7.91. The molecule has 0 N–H and O–H groups in total. The van der Waals surface area contributed by atoms with Crippen LogP contribution >= 0.6 is 0 Å². The number of carbonyl (C=O) groups excluding carboxylic acids is 1. The third-order valence-electron chi connectivity index (χ3n) is 8.92. The SMILES string of the molecule is Cc1c(-c2ccc(N3CCS(=O)(=O)CC3)cc2)c([C@@H]2CCC(F)(F)C[C@H]2C(=O)C[C@H](C#N)C(C)C)nn1-c1ccc(F)cn1. The summed E-state index contributed by atoms with van der Waals surface area (Å²) in [6.45, 7) is 6.26. The average Bonchev–Trinajstić information content (AvgIpc) is 3.32. The lowest BCUT2D eigenvalue weighted by atomic mass is 9.70. The van der Waals surface area contributed by atoms with E-state index in [1.54, 1.807) is 4.68 Å². The van der Waals surface area contributed by atoms with E-state index in [4.69, 9.17) is 5.10 Å². The first-order valence-electron chi connectivity index (χ1n) is 14.9. The molecule has 1 aromatic carbocycles. The molecule has 1 aliphatic carbocycles. The minimum atomic E-state index is -3.04. The lowest BCUT2D eigenvalue weighted by Crippen LogP contribution is -2.40. The number of aromatic nitrogens is 3. The van der Waals surface area contributed by atoms with Gasteiger partial charge in [-0.05, 0) is 49.1 Å². The predicted molar refractivity (Wildman–Crippen MR) is 161 cm³/mol. The summed E-state index contributed by atoms with van der Waals surface area (Å²) in [7, 11) is -3.04. The molecule has 1 saturated carbocycles. The van der Waals surface area contributed by atoms with Gasteiger partial charge in [0.25, 0.3) is 0 Å². The monoisotopic (exact) mass is 627 g/mol. The number of ketones is 1. The summed E-state index contributed by atoms with van der Waals surface area (Å²) in [6, 6.07) is 12.4. The predicted octanol–water partition coefficient (Wildman–Crippen LogP) is 5.89. The van der Waals surface area contributed by atoms with Crippen LogP contribution < -0.4 is 4.90 Å². The van der Waals surface area contributed by atoms with E-state index in [1.807, 2.05) is 49.9 Å². The molecule has 234 valence electrons. The maximum atomic E-state index is 14.8. The molecule has 12 heteroatoms. The number of Topliss-reactive ketones (excluding diaryl/α,β-unsaturated/α-hetero) is 1. The molecule has 3 aromatic rings. The number of halogens is 3. The van der Waals surface area contributed by atoms with E-state index < -0.39 is 52.2 Å². The van der Waals surface area contributed by atoms with Crippen molar-refractivity contribution >= 4 is 21.3 Å². The van der Waals surface area contributed by atoms with Gasteiger partial charge in [0.1, 0.15) is 11.6 Å². The van der Waals surface area contributed by atoms with Crippen LogP contribution in [0, 0.1) is 41.8 Å². The molecule has 0 amide bonds. The Hall–Kier alpha value is -3.72. The summed E-state index contributed by atoms with van der Waals surface area (Å²) in [4.78, 5) is 19.8. The van der Waals surface area contributed by atoms with Crippen LogP contribution in [0.2, 0.25) is 0 Å². The van der Waals surface area contributed by atoms with Gasteiger partial charge in [-0.2, -0.15) is 10.4 Å². The number of hydrogen-bond acceptors (Lipinski definition) is 7. The van der Waals surface area contributed by atoms with Gasteiger partial charge in [-0.25, -0.2) is 31.3 Å². The first kappa shape index (κ1) is 31.7. The van der Waals surface area contributed by atoms with Crippen LogP contribution in [0.3, 0.4) is 0 Å². The smallest absolute Gasteiger partial charge is 0.248 e. The summed E-state index contributed by atoms with van der Waals surface area (Å²) in [5.41, 5.74) is 3.42. The van der Waals surface area contributed by atoms with E-state index in [0.717, 1.165) is 17.4 Å². The molecule has 3 atom stereocenters. The van der Waals surface area contributed by atoms with Crippen molar-refractivity contribution in [1.29, 1.82) is 5.26 Å². The number of pyridine rings is 1. The Morgan fingerprint density at radius 1 is 1.14 bits per heavy atom. The maximum Gasteiger partial charge on any atom is 0.248 e. The molecule has 8 nitrogen and oxygen atoms in total. The van der Waals surface area contributed by atoms with Crippen molar-refractivity contribution < 1.29 is 26.4 Å². The van der Waals surface area contributed by atoms with Gasteiger partial charge in [0.05, 0.1) is 41.1 Å². The van der Waals surface area contributed by atoms with E-state index in [9.17, 15) is 31.6 Å². The van der Waals surface area contributed by atoms with Crippen LogP contribution in [-0.2, 0) is 14.6 Å². The van der Waals surface area contributed by atoms with Crippen LogP contribution in [-0.4, -0.2) is 59.5 Å². The molecule has 1 saturated heterocycles. The highest BCUT2D eigenvalue weighted by atomic mass is 32.2. The fourth-order valence-corrected chi connectivity index (χ4v) is 7.47. The van der Waals surface area contributed by atoms with Crippen molar-refractivity contribution in [2.45, 2.75) is 58.3 Å². The quantitative estimate of drug-likeness (QED) is 0.306. The molecule has 0 radical (unpaired) electrons. The lowest BCUT2D eigenvalue weighted by Gasteiger charge is -2.35. The van der Waals surface area contributed by atoms with Crippen molar-refractivity contribution in [3.05, 3.63) is 59.8 Å². The zero-order chi connectivity index (χ0) is 31.8. The summed E-state index contributed by atoms with van der Waals surface area (Å²) in [5, 5.41) is 14.5. The fourth-order valence-electron chi connectivity index (χ4n) is 6.26. The molecule has 3 heterocycles. The zero-order valence-electron chi connectivity index (χ0n) is 25.0. The Kier molecular flexibility index (Phi) is 8.89. The third-order valence-corrected chi connectivity index (χ3v) is 10.5. The average molecular weight is 628 g/mol. The molecular formula is C32H36F3N5O3S. The summed E-state index contributed by atoms with van der Waals surface area (Å²) in [5.74, 6) is -5.75. The van der Waals surface area contributed by atoms with Crippen LogP contribution in [0.5, 0.6) is 0 Å². The maximum absolute atomic E-state index is 14.8. The number of alkyl halides is 2. The Bertz CT molecular complexity index is 1650. The number of anilines is 1. The van der Waals surface area contributed by atoms with Gasteiger partial charge in [0.15, 0.2) is 15.7 Å². The van der Waals surface area contributed by atoms with Crippen molar-refractivity contribution in [1.82, 2.24) is 14.8 Å². The van der Waals surface area contributed by atoms with Crippen molar-refractivity contribution in [3.63, 3.8) is 0 Å². The van der Waals surface area contributed by atoms with Crippen molar-refractivity contribution in [2.24, 2.45) is 17.8 Å². The normalized spacial score (nSPS) is 22.0. The molecule has 2 aromatic heterocycles. The molecular weight excluding hydrogens is 591 g/mol. The van der Waals surface area contributed by atoms with Gasteiger partial charge in [0.2, 0.25) is 5.92 Å². The lowest BCUT2D eigenvalue weighted by molar-refractivity contribution is -0.132. The number of hydrogen-bond donors (Lipinski definition) is 0. The second-order valence-corrected chi connectivity index (χ2v) is 14.5. The van der Waals surface area contributed by atoms with Crippen LogP contribution in [0.25, 0.3) is 16.9 Å². The Labute approximate surface area is 255 Å². The Balaban J connectivity index is 1.57. The van der Waals surface area contributed by atoms with E-state index in [-0.39, 0.29) is 36.0 Å². The molecule has 1 aliphatic heterocycles. The fraction of sp³-hybridized carbons (Fsp3) is 0.500. The molecule has 0 bridgehead atoms.